The van der Waals surface area contributed by atoms with Gasteiger partial charge in [0.15, 0.2) is 5.15 Å². The fraction of sp³-hybridized carbons (Fsp3) is 0.500. The van der Waals surface area contributed by atoms with Crippen LogP contribution in [0.3, 0.4) is 0 Å². The molecule has 0 saturated carbocycles. The number of pyridine rings is 1. The fourth-order valence-electron chi connectivity index (χ4n) is 3.81. The molecular formula is C18H21Cl2N5OS. The van der Waals surface area contributed by atoms with Crippen molar-refractivity contribution in [3.63, 3.8) is 0 Å². The monoisotopic (exact) mass is 425 g/mol. The van der Waals surface area contributed by atoms with Crippen LogP contribution in [0.15, 0.2) is 28.4 Å². The van der Waals surface area contributed by atoms with E-state index in [1.165, 1.54) is 18.2 Å². The van der Waals surface area contributed by atoms with Crippen molar-refractivity contribution in [3.05, 3.63) is 28.6 Å². The Labute approximate surface area is 172 Å². The predicted octanol–water partition coefficient (Wildman–Crippen LogP) is 4.31. The second-order valence-corrected chi connectivity index (χ2v) is 9.08. The lowest BCUT2D eigenvalue weighted by Gasteiger charge is -2.38. The third kappa shape index (κ3) is 4.11. The molecule has 9 heteroatoms. The summed E-state index contributed by atoms with van der Waals surface area (Å²) < 4.78 is 5.80. The minimum atomic E-state index is 0.191. The Morgan fingerprint density at radius 1 is 1.26 bits per heavy atom. The summed E-state index contributed by atoms with van der Waals surface area (Å²) in [5.74, 6) is 1.23. The highest BCUT2D eigenvalue weighted by atomic mass is 35.5. The molecule has 2 aromatic heterocycles. The number of aromatic nitrogens is 3. The van der Waals surface area contributed by atoms with Gasteiger partial charge in [-0.3, -0.25) is 0 Å². The molecule has 0 bridgehead atoms. The number of rotatable bonds is 3. The highest BCUT2D eigenvalue weighted by Gasteiger charge is 2.41. The topological polar surface area (TPSA) is 77.2 Å². The Morgan fingerprint density at radius 2 is 2.04 bits per heavy atom. The smallest absolute Gasteiger partial charge is 0.151 e. The van der Waals surface area contributed by atoms with E-state index in [9.17, 15) is 0 Å². The summed E-state index contributed by atoms with van der Waals surface area (Å²) in [6, 6.07) is 1.68. The number of ether oxygens (including phenoxy) is 1. The van der Waals surface area contributed by atoms with E-state index in [-0.39, 0.29) is 5.15 Å². The second kappa shape index (κ2) is 7.62. The first-order valence-electron chi connectivity index (χ1n) is 8.92. The van der Waals surface area contributed by atoms with Crippen molar-refractivity contribution in [1.82, 2.24) is 15.0 Å². The standard InChI is InChI=1S/C18H21Cl2N5OS/c1-11-7-18(10-26-11)2-4-25(5-3-18)14-8-23-15(9-22-14)27-12-6-13(21)24-17(20)16(12)19/h6,8-9,11H,2-5,7,10H2,1H3,(H2,21,24)/t11-/m0/s1. The molecule has 144 valence electrons. The van der Waals surface area contributed by atoms with Crippen molar-refractivity contribution in [1.29, 1.82) is 0 Å². The van der Waals surface area contributed by atoms with E-state index >= 15 is 0 Å². The van der Waals surface area contributed by atoms with Crippen LogP contribution >= 0.6 is 35.0 Å². The summed E-state index contributed by atoms with van der Waals surface area (Å²) in [4.78, 5) is 16.1. The maximum atomic E-state index is 6.20. The summed E-state index contributed by atoms with van der Waals surface area (Å²) >= 11 is 13.6. The zero-order valence-corrected chi connectivity index (χ0v) is 17.3. The predicted molar refractivity (Wildman–Crippen MR) is 109 cm³/mol. The van der Waals surface area contributed by atoms with Crippen molar-refractivity contribution in [2.75, 3.05) is 30.3 Å². The Kier molecular flexibility index (Phi) is 5.38. The van der Waals surface area contributed by atoms with Crippen LogP contribution in [-0.4, -0.2) is 40.8 Å². The molecule has 2 aliphatic rings. The molecule has 27 heavy (non-hydrogen) atoms. The average Bonchev–Trinajstić information content (AvgIpc) is 3.01. The van der Waals surface area contributed by atoms with Gasteiger partial charge in [-0.15, -0.1) is 0 Å². The molecule has 4 heterocycles. The Bertz CT molecular complexity index is 827. The molecule has 4 rings (SSSR count). The van der Waals surface area contributed by atoms with E-state index in [0.29, 0.717) is 27.3 Å². The molecule has 2 N–H and O–H groups in total. The van der Waals surface area contributed by atoms with Gasteiger partial charge in [0.1, 0.15) is 16.7 Å². The van der Waals surface area contributed by atoms with Gasteiger partial charge in [0, 0.05) is 18.0 Å². The number of hydrogen-bond donors (Lipinski definition) is 1. The van der Waals surface area contributed by atoms with Crippen LogP contribution in [0.25, 0.3) is 0 Å². The van der Waals surface area contributed by atoms with Crippen molar-refractivity contribution < 1.29 is 4.74 Å². The van der Waals surface area contributed by atoms with E-state index in [4.69, 9.17) is 33.7 Å². The van der Waals surface area contributed by atoms with Crippen LogP contribution in [0.1, 0.15) is 26.2 Å². The Hall–Kier alpha value is -1.28. The molecule has 2 fully saturated rings. The maximum Gasteiger partial charge on any atom is 0.151 e. The lowest BCUT2D eigenvalue weighted by molar-refractivity contribution is 0.0976. The van der Waals surface area contributed by atoms with Gasteiger partial charge in [-0.2, -0.15) is 0 Å². The van der Waals surface area contributed by atoms with Crippen LogP contribution in [0, 0.1) is 5.41 Å². The second-order valence-electron chi connectivity index (χ2n) is 7.28. The number of nitrogens with zero attached hydrogens (tertiary/aromatic N) is 4. The van der Waals surface area contributed by atoms with Crippen LogP contribution in [0.4, 0.5) is 11.6 Å². The van der Waals surface area contributed by atoms with Crippen LogP contribution < -0.4 is 10.6 Å². The zero-order chi connectivity index (χ0) is 19.0. The first-order chi connectivity index (χ1) is 12.9. The number of anilines is 2. The van der Waals surface area contributed by atoms with E-state index in [2.05, 4.69) is 26.8 Å². The number of piperidine rings is 1. The number of nitrogen functional groups attached to an aromatic ring is 1. The summed E-state index contributed by atoms with van der Waals surface area (Å²) in [5, 5.41) is 1.29. The van der Waals surface area contributed by atoms with Gasteiger partial charge < -0.3 is 15.4 Å². The zero-order valence-electron chi connectivity index (χ0n) is 15.0. The third-order valence-corrected chi connectivity index (χ3v) is 7.10. The summed E-state index contributed by atoms with van der Waals surface area (Å²) in [6.07, 6.45) is 7.40. The molecule has 1 atom stereocenters. The van der Waals surface area contributed by atoms with Gasteiger partial charge in [0.05, 0.1) is 30.1 Å². The molecule has 0 aliphatic carbocycles. The maximum absolute atomic E-state index is 6.20. The molecule has 6 nitrogen and oxygen atoms in total. The van der Waals surface area contributed by atoms with E-state index in [1.54, 1.807) is 12.3 Å². The lowest BCUT2D eigenvalue weighted by Crippen LogP contribution is -2.41. The first kappa shape index (κ1) is 19.1. The minimum Gasteiger partial charge on any atom is -0.384 e. The summed E-state index contributed by atoms with van der Waals surface area (Å²) in [5.41, 5.74) is 6.10. The van der Waals surface area contributed by atoms with Crippen LogP contribution in [0.5, 0.6) is 0 Å². The quantitative estimate of drug-likeness (QED) is 0.733. The van der Waals surface area contributed by atoms with Crippen molar-refractivity contribution in [2.45, 2.75) is 42.2 Å². The molecule has 1 spiro atoms. The van der Waals surface area contributed by atoms with E-state index in [1.807, 2.05) is 6.20 Å². The molecular weight excluding hydrogens is 405 g/mol. The largest absolute Gasteiger partial charge is 0.384 e. The number of hydrogen-bond acceptors (Lipinski definition) is 7. The lowest BCUT2D eigenvalue weighted by atomic mass is 9.77. The van der Waals surface area contributed by atoms with Crippen molar-refractivity contribution >= 4 is 46.6 Å². The highest BCUT2D eigenvalue weighted by molar-refractivity contribution is 7.99. The van der Waals surface area contributed by atoms with Gasteiger partial charge in [-0.25, -0.2) is 15.0 Å². The summed E-state index contributed by atoms with van der Waals surface area (Å²) in [6.45, 7) is 5.03. The molecule has 2 aliphatic heterocycles. The minimum absolute atomic E-state index is 0.191. The normalized spacial score (nSPS) is 21.7. The number of halogens is 2. The van der Waals surface area contributed by atoms with Gasteiger partial charge in [-0.1, -0.05) is 35.0 Å². The fourth-order valence-corrected chi connectivity index (χ4v) is 5.08. The van der Waals surface area contributed by atoms with Crippen molar-refractivity contribution in [2.24, 2.45) is 5.41 Å². The number of nitrogens with two attached hydrogens (primary N) is 1. The van der Waals surface area contributed by atoms with Gasteiger partial charge in [0.2, 0.25) is 0 Å². The Balaban J connectivity index is 1.41. The highest BCUT2D eigenvalue weighted by Crippen LogP contribution is 2.42. The van der Waals surface area contributed by atoms with Gasteiger partial charge >= 0.3 is 0 Å². The molecule has 2 aromatic rings. The molecule has 0 aromatic carbocycles. The molecule has 2 saturated heterocycles. The van der Waals surface area contributed by atoms with Crippen LogP contribution in [-0.2, 0) is 4.74 Å². The van der Waals surface area contributed by atoms with Gasteiger partial charge in [-0.05, 0) is 37.7 Å². The Morgan fingerprint density at radius 3 is 2.67 bits per heavy atom. The van der Waals surface area contributed by atoms with E-state index < -0.39 is 0 Å². The SMILES string of the molecule is C[C@H]1CC2(CCN(c3cnc(Sc4cc(N)nc(Cl)c4Cl)cn3)CC2)CO1. The molecule has 0 amide bonds. The summed E-state index contributed by atoms with van der Waals surface area (Å²) in [7, 11) is 0. The van der Waals surface area contributed by atoms with Crippen LogP contribution in [0.2, 0.25) is 10.2 Å². The average molecular weight is 426 g/mol. The molecule has 0 unspecified atom stereocenters. The van der Waals surface area contributed by atoms with Crippen molar-refractivity contribution in [3.8, 4) is 0 Å². The third-order valence-electron chi connectivity index (χ3n) is 5.28. The van der Waals surface area contributed by atoms with Gasteiger partial charge in [0.25, 0.3) is 0 Å². The molecule has 0 radical (unpaired) electrons. The first-order valence-corrected chi connectivity index (χ1v) is 10.5. The van der Waals surface area contributed by atoms with E-state index in [0.717, 1.165) is 43.4 Å².